The van der Waals surface area contributed by atoms with E-state index in [1.165, 1.54) is 4.90 Å². The normalized spacial score (nSPS) is 18.0. The second-order valence-corrected chi connectivity index (χ2v) is 8.13. The summed E-state index contributed by atoms with van der Waals surface area (Å²) in [6.07, 6.45) is 7.82. The molecule has 0 atom stereocenters. The first-order valence-electron chi connectivity index (χ1n) is 9.59. The molecule has 0 unspecified atom stereocenters. The molecule has 2 aromatic heterocycles. The fourth-order valence-corrected chi connectivity index (χ4v) is 3.64. The largest absolute Gasteiger partial charge is 0.443 e. The molecule has 146 valence electrons. The Bertz CT molecular complexity index is 968. The number of hydrogen-bond acceptors (Lipinski definition) is 5. The SMILES string of the molecule is CC(C)(C)OC(=O)N1CCC/C(=C\c2ncn3c2CCc2ncccc2-3)C1=O. The molecule has 7 nitrogen and oxygen atoms in total. The van der Waals surface area contributed by atoms with Crippen LogP contribution in [0.3, 0.4) is 0 Å². The zero-order valence-electron chi connectivity index (χ0n) is 16.4. The van der Waals surface area contributed by atoms with Crippen LogP contribution < -0.4 is 0 Å². The summed E-state index contributed by atoms with van der Waals surface area (Å²) in [6.45, 7) is 5.76. The lowest BCUT2D eigenvalue weighted by atomic mass is 10.0. The third kappa shape index (κ3) is 3.44. The van der Waals surface area contributed by atoms with E-state index in [1.54, 1.807) is 33.3 Å². The van der Waals surface area contributed by atoms with E-state index in [4.69, 9.17) is 4.74 Å². The maximum Gasteiger partial charge on any atom is 0.417 e. The monoisotopic (exact) mass is 380 g/mol. The predicted octanol–water partition coefficient (Wildman–Crippen LogP) is 3.31. The molecule has 2 aliphatic rings. The van der Waals surface area contributed by atoms with Gasteiger partial charge in [0.2, 0.25) is 0 Å². The second kappa shape index (κ2) is 6.89. The molecule has 7 heteroatoms. The summed E-state index contributed by atoms with van der Waals surface area (Å²) >= 11 is 0. The van der Waals surface area contributed by atoms with E-state index in [2.05, 4.69) is 9.97 Å². The molecule has 0 radical (unpaired) electrons. The summed E-state index contributed by atoms with van der Waals surface area (Å²) in [6, 6.07) is 3.94. The van der Waals surface area contributed by atoms with Crippen LogP contribution in [0, 0.1) is 0 Å². The molecule has 0 aromatic carbocycles. The molecule has 2 aliphatic heterocycles. The van der Waals surface area contributed by atoms with E-state index in [0.29, 0.717) is 18.5 Å². The number of likely N-dealkylation sites (tertiary alicyclic amines) is 1. The summed E-state index contributed by atoms with van der Waals surface area (Å²) in [7, 11) is 0. The molecule has 4 rings (SSSR count). The zero-order chi connectivity index (χ0) is 19.9. The van der Waals surface area contributed by atoms with Gasteiger partial charge in [0.1, 0.15) is 11.9 Å². The van der Waals surface area contributed by atoms with Gasteiger partial charge in [-0.1, -0.05) is 0 Å². The lowest BCUT2D eigenvalue weighted by Gasteiger charge is -2.29. The minimum Gasteiger partial charge on any atom is -0.443 e. The Hall–Kier alpha value is -2.96. The van der Waals surface area contributed by atoms with Crippen molar-refractivity contribution in [3.05, 3.63) is 47.3 Å². The van der Waals surface area contributed by atoms with Crippen LogP contribution >= 0.6 is 0 Å². The van der Waals surface area contributed by atoms with Gasteiger partial charge in [0.15, 0.2) is 0 Å². The zero-order valence-corrected chi connectivity index (χ0v) is 16.4. The van der Waals surface area contributed by atoms with Gasteiger partial charge in [-0.2, -0.15) is 0 Å². The minimum atomic E-state index is -0.636. The standard InChI is InChI=1S/C21H24N4O3/c1-21(2,3)28-20(27)24-11-5-6-14(19(24)26)12-16-18-9-8-15-17(7-4-10-22-15)25(18)13-23-16/h4,7,10,12-13H,5-6,8-9,11H2,1-3H3/b14-12+. The van der Waals surface area contributed by atoms with Gasteiger partial charge in [0.05, 0.1) is 22.8 Å². The van der Waals surface area contributed by atoms with E-state index < -0.39 is 11.7 Å². The highest BCUT2D eigenvalue weighted by Gasteiger charge is 2.32. The fraction of sp³-hybridized carbons (Fsp3) is 0.429. The molecule has 0 spiro atoms. The molecular weight excluding hydrogens is 356 g/mol. The molecule has 0 N–H and O–H groups in total. The van der Waals surface area contributed by atoms with Crippen molar-refractivity contribution in [2.45, 2.75) is 52.1 Å². The number of ether oxygens (including phenoxy) is 1. The number of rotatable bonds is 1. The van der Waals surface area contributed by atoms with Crippen LogP contribution in [0.2, 0.25) is 0 Å². The van der Waals surface area contributed by atoms with Crippen LogP contribution in [-0.4, -0.2) is 43.6 Å². The average Bonchev–Trinajstić information content (AvgIpc) is 3.05. The van der Waals surface area contributed by atoms with Crippen LogP contribution in [-0.2, 0) is 22.4 Å². The van der Waals surface area contributed by atoms with Crippen molar-refractivity contribution in [1.29, 1.82) is 0 Å². The van der Waals surface area contributed by atoms with E-state index in [9.17, 15) is 9.59 Å². The molecule has 2 amide bonds. The molecule has 0 saturated carbocycles. The number of pyridine rings is 1. The van der Waals surface area contributed by atoms with Gasteiger partial charge in [0.25, 0.3) is 5.91 Å². The molecule has 2 aromatic rings. The Morgan fingerprint density at radius 3 is 2.82 bits per heavy atom. The summed E-state index contributed by atoms with van der Waals surface area (Å²) in [5.74, 6) is -0.292. The third-order valence-electron chi connectivity index (χ3n) is 4.90. The molecule has 0 aliphatic carbocycles. The Morgan fingerprint density at radius 1 is 1.21 bits per heavy atom. The molecule has 0 bridgehead atoms. The van der Waals surface area contributed by atoms with E-state index >= 15 is 0 Å². The van der Waals surface area contributed by atoms with Gasteiger partial charge in [-0.25, -0.2) is 14.7 Å². The quantitative estimate of drug-likeness (QED) is 0.710. The average molecular weight is 380 g/mol. The lowest BCUT2D eigenvalue weighted by molar-refractivity contribution is -0.127. The number of hydrogen-bond donors (Lipinski definition) is 0. The van der Waals surface area contributed by atoms with Gasteiger partial charge in [-0.3, -0.25) is 9.78 Å². The van der Waals surface area contributed by atoms with Crippen LogP contribution in [0.25, 0.3) is 11.8 Å². The molecule has 4 heterocycles. The molecule has 1 saturated heterocycles. The number of carbonyl (C=O) groups excluding carboxylic acids is 2. The lowest BCUT2D eigenvalue weighted by Crippen LogP contribution is -2.44. The van der Waals surface area contributed by atoms with Crippen LogP contribution in [0.15, 0.2) is 30.2 Å². The first-order chi connectivity index (χ1) is 13.3. The number of imidazole rings is 1. The smallest absolute Gasteiger partial charge is 0.417 e. The molecular formula is C21H24N4O3. The number of piperidine rings is 1. The number of aryl methyl sites for hydroxylation is 1. The highest BCUT2D eigenvalue weighted by molar-refractivity contribution is 6.05. The van der Waals surface area contributed by atoms with Crippen molar-refractivity contribution >= 4 is 18.1 Å². The summed E-state index contributed by atoms with van der Waals surface area (Å²) in [4.78, 5) is 35.4. The Morgan fingerprint density at radius 2 is 2.04 bits per heavy atom. The van der Waals surface area contributed by atoms with Crippen molar-refractivity contribution in [1.82, 2.24) is 19.4 Å². The molecule has 28 heavy (non-hydrogen) atoms. The van der Waals surface area contributed by atoms with Crippen molar-refractivity contribution in [2.75, 3.05) is 6.54 Å². The van der Waals surface area contributed by atoms with Gasteiger partial charge >= 0.3 is 6.09 Å². The number of nitrogens with zero attached hydrogens (tertiary/aromatic N) is 4. The number of aromatic nitrogens is 3. The van der Waals surface area contributed by atoms with Crippen molar-refractivity contribution in [3.8, 4) is 5.69 Å². The van der Waals surface area contributed by atoms with E-state index in [-0.39, 0.29) is 5.91 Å². The first kappa shape index (κ1) is 18.4. The van der Waals surface area contributed by atoms with E-state index in [1.807, 2.05) is 22.8 Å². The Balaban J connectivity index is 1.61. The first-order valence-corrected chi connectivity index (χ1v) is 9.59. The fourth-order valence-electron chi connectivity index (χ4n) is 3.64. The van der Waals surface area contributed by atoms with Gasteiger partial charge in [-0.15, -0.1) is 0 Å². The van der Waals surface area contributed by atoms with Crippen LogP contribution in [0.4, 0.5) is 4.79 Å². The topological polar surface area (TPSA) is 77.3 Å². The van der Waals surface area contributed by atoms with Gasteiger partial charge < -0.3 is 9.30 Å². The minimum absolute atomic E-state index is 0.292. The highest BCUT2D eigenvalue weighted by Crippen LogP contribution is 2.28. The van der Waals surface area contributed by atoms with Gasteiger partial charge in [0, 0.05) is 18.3 Å². The number of fused-ring (bicyclic) bond motifs is 3. The van der Waals surface area contributed by atoms with Crippen molar-refractivity contribution < 1.29 is 14.3 Å². The second-order valence-electron chi connectivity index (χ2n) is 8.13. The number of carbonyl (C=O) groups is 2. The molecule has 1 fully saturated rings. The highest BCUT2D eigenvalue weighted by atomic mass is 16.6. The van der Waals surface area contributed by atoms with Crippen molar-refractivity contribution in [3.63, 3.8) is 0 Å². The third-order valence-corrected chi connectivity index (χ3v) is 4.90. The Labute approximate surface area is 164 Å². The summed E-state index contributed by atoms with van der Waals surface area (Å²) in [5, 5.41) is 0. The summed E-state index contributed by atoms with van der Waals surface area (Å²) < 4.78 is 7.41. The van der Waals surface area contributed by atoms with Crippen molar-refractivity contribution in [2.24, 2.45) is 0 Å². The van der Waals surface area contributed by atoms with Crippen LogP contribution in [0.5, 0.6) is 0 Å². The summed E-state index contributed by atoms with van der Waals surface area (Å²) in [5.41, 5.74) is 3.89. The maximum absolute atomic E-state index is 12.9. The maximum atomic E-state index is 12.9. The number of imide groups is 1. The predicted molar refractivity (Wildman–Crippen MR) is 104 cm³/mol. The van der Waals surface area contributed by atoms with Gasteiger partial charge in [-0.05, 0) is 64.7 Å². The number of amides is 2. The Kier molecular flexibility index (Phi) is 4.53. The van der Waals surface area contributed by atoms with E-state index in [0.717, 1.165) is 42.0 Å². The van der Waals surface area contributed by atoms with Crippen LogP contribution in [0.1, 0.15) is 50.7 Å².